The Hall–Kier alpha value is -1.58. The van der Waals surface area contributed by atoms with Crippen molar-refractivity contribution in [1.29, 1.82) is 0 Å². The van der Waals surface area contributed by atoms with Gasteiger partial charge in [0.05, 0.1) is 12.7 Å². The van der Waals surface area contributed by atoms with Gasteiger partial charge >= 0.3 is 0 Å². The van der Waals surface area contributed by atoms with E-state index in [2.05, 4.69) is 26.1 Å². The number of nitrogens with one attached hydrogen (secondary N) is 1. The van der Waals surface area contributed by atoms with Gasteiger partial charge in [0.2, 0.25) is 0 Å². The zero-order valence-corrected chi connectivity index (χ0v) is 13.7. The van der Waals surface area contributed by atoms with Gasteiger partial charge < -0.3 is 10.1 Å². The summed E-state index contributed by atoms with van der Waals surface area (Å²) in [5, 5.41) is 3.14. The molecule has 1 aromatic carbocycles. The van der Waals surface area contributed by atoms with Gasteiger partial charge in [0.1, 0.15) is 11.6 Å². The molecule has 2 saturated carbocycles. The number of carbonyl (C=O) groups is 1. The lowest BCUT2D eigenvalue weighted by atomic mass is 9.69. The van der Waals surface area contributed by atoms with E-state index in [1.165, 1.54) is 31.7 Å². The van der Waals surface area contributed by atoms with Gasteiger partial charge in [-0.3, -0.25) is 4.79 Å². The lowest BCUT2D eigenvalue weighted by Crippen LogP contribution is -2.46. The fourth-order valence-electron chi connectivity index (χ4n) is 4.52. The number of methoxy groups -OCH3 is 1. The highest BCUT2D eigenvalue weighted by Crippen LogP contribution is 2.65. The van der Waals surface area contributed by atoms with Crippen molar-refractivity contribution in [2.24, 2.45) is 16.7 Å². The topological polar surface area (TPSA) is 38.3 Å². The first-order chi connectivity index (χ1) is 10.3. The molecule has 0 aromatic heterocycles. The van der Waals surface area contributed by atoms with Crippen molar-refractivity contribution < 1.29 is 13.9 Å². The van der Waals surface area contributed by atoms with E-state index in [1.807, 2.05) is 0 Å². The van der Waals surface area contributed by atoms with E-state index in [1.54, 1.807) is 0 Å². The molecule has 3 nitrogen and oxygen atoms in total. The average molecular weight is 305 g/mol. The number of benzene rings is 1. The van der Waals surface area contributed by atoms with Crippen LogP contribution in [0.15, 0.2) is 18.2 Å². The molecule has 2 aliphatic carbocycles. The van der Waals surface area contributed by atoms with E-state index in [0.717, 1.165) is 12.8 Å². The Morgan fingerprint density at radius 1 is 1.36 bits per heavy atom. The van der Waals surface area contributed by atoms with Crippen LogP contribution in [0.25, 0.3) is 0 Å². The maximum Gasteiger partial charge on any atom is 0.255 e. The number of ether oxygens (including phenoxy) is 1. The maximum absolute atomic E-state index is 13.5. The molecule has 0 aliphatic heterocycles. The first-order valence-electron chi connectivity index (χ1n) is 7.94. The predicted octanol–water partition coefficient (Wildman–Crippen LogP) is 3.78. The number of carbonyl (C=O) groups excluding carboxylic acids is 1. The van der Waals surface area contributed by atoms with Crippen molar-refractivity contribution in [3.63, 3.8) is 0 Å². The van der Waals surface area contributed by atoms with Gasteiger partial charge in [-0.25, -0.2) is 4.39 Å². The van der Waals surface area contributed by atoms with Crippen LogP contribution in [-0.4, -0.2) is 19.1 Å². The lowest BCUT2D eigenvalue weighted by Gasteiger charge is -2.39. The molecule has 1 aromatic rings. The molecule has 3 atom stereocenters. The second-order valence-electron chi connectivity index (χ2n) is 7.48. The van der Waals surface area contributed by atoms with Gasteiger partial charge in [0.15, 0.2) is 0 Å². The summed E-state index contributed by atoms with van der Waals surface area (Å²) in [6.45, 7) is 6.88. The molecule has 22 heavy (non-hydrogen) atoms. The van der Waals surface area contributed by atoms with E-state index in [4.69, 9.17) is 4.74 Å². The fourth-order valence-corrected chi connectivity index (χ4v) is 4.52. The van der Waals surface area contributed by atoms with Gasteiger partial charge in [-0.15, -0.1) is 0 Å². The summed E-state index contributed by atoms with van der Waals surface area (Å²) in [6.07, 6.45) is 3.38. The minimum atomic E-state index is -0.426. The van der Waals surface area contributed by atoms with Gasteiger partial charge in [-0.2, -0.15) is 0 Å². The average Bonchev–Trinajstić information content (AvgIpc) is 2.80. The molecule has 0 spiro atoms. The van der Waals surface area contributed by atoms with Crippen molar-refractivity contribution in [3.05, 3.63) is 29.6 Å². The fraction of sp³-hybridized carbons (Fsp3) is 0.611. The van der Waals surface area contributed by atoms with E-state index >= 15 is 0 Å². The van der Waals surface area contributed by atoms with Crippen LogP contribution in [0.3, 0.4) is 0 Å². The van der Waals surface area contributed by atoms with Crippen molar-refractivity contribution >= 4 is 5.91 Å². The molecule has 2 fully saturated rings. The molecule has 1 amide bonds. The zero-order valence-electron chi connectivity index (χ0n) is 13.7. The van der Waals surface area contributed by atoms with Gasteiger partial charge in [-0.05, 0) is 54.2 Å². The maximum atomic E-state index is 13.5. The highest BCUT2D eigenvalue weighted by molar-refractivity contribution is 5.97. The van der Waals surface area contributed by atoms with E-state index < -0.39 is 5.82 Å². The lowest BCUT2D eigenvalue weighted by molar-refractivity contribution is 0.0823. The molecule has 0 radical (unpaired) electrons. The Morgan fingerprint density at radius 2 is 2.09 bits per heavy atom. The quantitative estimate of drug-likeness (QED) is 0.923. The van der Waals surface area contributed by atoms with Gasteiger partial charge in [-0.1, -0.05) is 20.8 Å². The van der Waals surface area contributed by atoms with Gasteiger partial charge in [0, 0.05) is 6.04 Å². The van der Waals surface area contributed by atoms with E-state index in [0.29, 0.717) is 11.7 Å². The standard InChI is InChI=1S/C18H24FNO2/c1-17(2)11-7-8-18(17,3)15(9-11)20-16(21)13-10-12(19)5-6-14(13)22-4/h5-6,10-11,15H,7-9H2,1-4H3,(H,20,21). The summed E-state index contributed by atoms with van der Waals surface area (Å²) in [5.41, 5.74) is 0.608. The number of rotatable bonds is 3. The summed E-state index contributed by atoms with van der Waals surface area (Å²) >= 11 is 0. The smallest absolute Gasteiger partial charge is 0.255 e. The first-order valence-corrected chi connectivity index (χ1v) is 7.94. The minimum absolute atomic E-state index is 0.105. The Morgan fingerprint density at radius 3 is 2.64 bits per heavy atom. The van der Waals surface area contributed by atoms with Crippen LogP contribution in [-0.2, 0) is 0 Å². The largest absolute Gasteiger partial charge is 0.496 e. The molecule has 3 rings (SSSR count). The Balaban J connectivity index is 1.83. The summed E-state index contributed by atoms with van der Waals surface area (Å²) in [4.78, 5) is 12.6. The Labute approximate surface area is 131 Å². The molecule has 2 aliphatic rings. The Bertz CT molecular complexity index is 613. The van der Waals surface area contributed by atoms with Crippen molar-refractivity contribution in [3.8, 4) is 5.75 Å². The van der Waals surface area contributed by atoms with Crippen molar-refractivity contribution in [2.45, 2.75) is 46.1 Å². The number of hydrogen-bond donors (Lipinski definition) is 1. The first kappa shape index (κ1) is 15.3. The van der Waals surface area contributed by atoms with Crippen molar-refractivity contribution in [1.82, 2.24) is 5.32 Å². The molecular formula is C18H24FNO2. The predicted molar refractivity (Wildman–Crippen MR) is 83.4 cm³/mol. The molecule has 0 heterocycles. The summed E-state index contributed by atoms with van der Waals surface area (Å²) in [7, 11) is 1.49. The third-order valence-electron chi connectivity index (χ3n) is 6.51. The van der Waals surface area contributed by atoms with E-state index in [-0.39, 0.29) is 28.3 Å². The van der Waals surface area contributed by atoms with Crippen LogP contribution >= 0.6 is 0 Å². The van der Waals surface area contributed by atoms with Crippen LogP contribution in [0, 0.1) is 22.6 Å². The highest BCUT2D eigenvalue weighted by Gasteiger charge is 2.61. The summed E-state index contributed by atoms with van der Waals surface area (Å²) in [6, 6.07) is 4.19. The zero-order chi connectivity index (χ0) is 16.1. The van der Waals surface area contributed by atoms with Crippen LogP contribution < -0.4 is 10.1 Å². The number of hydrogen-bond acceptors (Lipinski definition) is 2. The molecule has 3 unspecified atom stereocenters. The second-order valence-corrected chi connectivity index (χ2v) is 7.48. The number of halogens is 1. The summed E-state index contributed by atoms with van der Waals surface area (Å²) in [5.74, 6) is 0.389. The van der Waals surface area contributed by atoms with Crippen molar-refractivity contribution in [2.75, 3.05) is 7.11 Å². The highest BCUT2D eigenvalue weighted by atomic mass is 19.1. The minimum Gasteiger partial charge on any atom is -0.496 e. The van der Waals surface area contributed by atoms with Crippen LogP contribution in [0.4, 0.5) is 4.39 Å². The molecule has 1 N–H and O–H groups in total. The third kappa shape index (κ3) is 2.03. The van der Waals surface area contributed by atoms with E-state index in [9.17, 15) is 9.18 Å². The molecule has 0 saturated heterocycles. The van der Waals surface area contributed by atoms with Crippen LogP contribution in [0.5, 0.6) is 5.75 Å². The second kappa shape index (κ2) is 4.97. The SMILES string of the molecule is COc1ccc(F)cc1C(=O)NC1CC2CCC1(C)C2(C)C. The molecule has 120 valence electrons. The molecule has 4 heteroatoms. The van der Waals surface area contributed by atoms with Crippen LogP contribution in [0.2, 0.25) is 0 Å². The number of amides is 1. The number of fused-ring (bicyclic) bond motifs is 2. The molecule has 2 bridgehead atoms. The third-order valence-corrected chi connectivity index (χ3v) is 6.51. The molecular weight excluding hydrogens is 281 g/mol. The Kier molecular flexibility index (Phi) is 3.46. The monoisotopic (exact) mass is 305 g/mol. The summed E-state index contributed by atoms with van der Waals surface area (Å²) < 4.78 is 18.7. The normalized spacial score (nSPS) is 32.0. The van der Waals surface area contributed by atoms with Gasteiger partial charge in [0.25, 0.3) is 5.91 Å². The van der Waals surface area contributed by atoms with Crippen LogP contribution in [0.1, 0.15) is 50.4 Å².